The van der Waals surface area contributed by atoms with E-state index in [-0.39, 0.29) is 49.0 Å². The molecule has 1 aliphatic carbocycles. The van der Waals surface area contributed by atoms with Gasteiger partial charge in [-0.3, -0.25) is 14.4 Å². The summed E-state index contributed by atoms with van der Waals surface area (Å²) in [6.07, 6.45) is 4.41. The van der Waals surface area contributed by atoms with Crippen molar-refractivity contribution in [3.63, 3.8) is 0 Å². The first kappa shape index (κ1) is 20.7. The lowest BCUT2D eigenvalue weighted by Gasteiger charge is -2.42. The van der Waals surface area contributed by atoms with E-state index in [9.17, 15) is 14.4 Å². The van der Waals surface area contributed by atoms with Crippen molar-refractivity contribution in [2.45, 2.75) is 63.2 Å². The first-order valence-corrected chi connectivity index (χ1v) is 10.6. The normalized spacial score (nSPS) is 26.8. The van der Waals surface area contributed by atoms with Crippen LogP contribution < -0.4 is 10.1 Å². The maximum atomic E-state index is 13.2. The van der Waals surface area contributed by atoms with Crippen LogP contribution in [0.5, 0.6) is 5.75 Å². The molecule has 30 heavy (non-hydrogen) atoms. The van der Waals surface area contributed by atoms with E-state index < -0.39 is 5.97 Å². The van der Waals surface area contributed by atoms with Gasteiger partial charge in [0.2, 0.25) is 5.91 Å². The number of benzene rings is 1. The molecule has 1 saturated carbocycles. The number of fused-ring (bicyclic) bond motifs is 2. The van der Waals surface area contributed by atoms with E-state index in [1.807, 2.05) is 0 Å². The van der Waals surface area contributed by atoms with Gasteiger partial charge in [0, 0.05) is 18.7 Å². The lowest BCUT2D eigenvalue weighted by molar-refractivity contribution is -0.148. The second-order valence-electron chi connectivity index (χ2n) is 8.45. The van der Waals surface area contributed by atoms with Crippen LogP contribution in [0.25, 0.3) is 0 Å². The largest absolute Gasteiger partial charge is 0.490 e. The van der Waals surface area contributed by atoms with Crippen LogP contribution in [0.1, 0.15) is 55.3 Å². The number of amides is 2. The van der Waals surface area contributed by atoms with Crippen molar-refractivity contribution >= 4 is 23.5 Å². The van der Waals surface area contributed by atoms with E-state index in [0.29, 0.717) is 29.8 Å². The van der Waals surface area contributed by atoms with Crippen LogP contribution in [0.4, 0.5) is 5.69 Å². The highest BCUT2D eigenvalue weighted by molar-refractivity contribution is 6.00. The molecule has 162 valence electrons. The van der Waals surface area contributed by atoms with Gasteiger partial charge in [-0.2, -0.15) is 0 Å². The summed E-state index contributed by atoms with van der Waals surface area (Å²) in [5.41, 5.74) is 1.00. The van der Waals surface area contributed by atoms with Crippen molar-refractivity contribution in [3.8, 4) is 5.75 Å². The molecule has 0 spiro atoms. The number of ether oxygens (including phenoxy) is 2. The number of carboxylic acids is 1. The highest BCUT2D eigenvalue weighted by Crippen LogP contribution is 2.33. The van der Waals surface area contributed by atoms with Crippen LogP contribution in [0.15, 0.2) is 18.2 Å². The third kappa shape index (κ3) is 4.28. The number of hydrogen-bond donors (Lipinski definition) is 2. The van der Waals surface area contributed by atoms with Crippen molar-refractivity contribution in [2.24, 2.45) is 5.92 Å². The monoisotopic (exact) mass is 416 g/mol. The Kier molecular flexibility index (Phi) is 5.94. The maximum absolute atomic E-state index is 13.2. The molecule has 8 heteroatoms. The van der Waals surface area contributed by atoms with Crippen LogP contribution >= 0.6 is 0 Å². The van der Waals surface area contributed by atoms with Crippen LogP contribution in [0.3, 0.4) is 0 Å². The number of carbonyl (C=O) groups is 3. The number of nitrogens with one attached hydrogen (secondary N) is 1. The molecule has 1 aromatic rings. The molecule has 0 aromatic heterocycles. The van der Waals surface area contributed by atoms with Crippen molar-refractivity contribution in [1.82, 2.24) is 4.90 Å². The van der Waals surface area contributed by atoms with Gasteiger partial charge in [-0.05, 0) is 43.9 Å². The number of aliphatic carboxylic acids is 1. The van der Waals surface area contributed by atoms with Gasteiger partial charge < -0.3 is 24.8 Å². The zero-order valence-corrected chi connectivity index (χ0v) is 17.1. The Morgan fingerprint density at radius 3 is 2.70 bits per heavy atom. The average molecular weight is 416 g/mol. The standard InChI is InChI=1S/C22H28N2O6/c1-24-17-8-7-15(11-20(25)26)30-19(17)12-29-18-9-6-14(10-16(18)22(24)28)23-21(27)13-4-2-3-5-13/h6,9-10,13,15,17,19H,2-5,7-8,11-12H2,1H3,(H,23,27)(H,25,26)/t15-,17+,19+/m0/s1. The molecule has 3 atom stereocenters. The summed E-state index contributed by atoms with van der Waals surface area (Å²) in [5, 5.41) is 12.0. The second kappa shape index (κ2) is 8.63. The van der Waals surface area contributed by atoms with Gasteiger partial charge in [0.1, 0.15) is 18.5 Å². The lowest BCUT2D eigenvalue weighted by Crippen LogP contribution is -2.53. The second-order valence-corrected chi connectivity index (χ2v) is 8.45. The molecule has 2 N–H and O–H groups in total. The molecule has 1 aromatic carbocycles. The number of carboxylic acid groups (broad SMARTS) is 1. The van der Waals surface area contributed by atoms with Gasteiger partial charge in [-0.15, -0.1) is 0 Å². The lowest BCUT2D eigenvalue weighted by atomic mass is 9.94. The van der Waals surface area contributed by atoms with Crippen LogP contribution in [0, 0.1) is 5.92 Å². The molecule has 1 saturated heterocycles. The molecule has 0 radical (unpaired) electrons. The van der Waals surface area contributed by atoms with Gasteiger partial charge in [-0.25, -0.2) is 0 Å². The van der Waals surface area contributed by atoms with Crippen LogP contribution in [-0.2, 0) is 14.3 Å². The number of carbonyl (C=O) groups excluding carboxylic acids is 2. The Hall–Kier alpha value is -2.61. The molecule has 3 aliphatic rings. The Bertz CT molecular complexity index is 835. The van der Waals surface area contributed by atoms with Crippen LogP contribution in [0.2, 0.25) is 0 Å². The van der Waals surface area contributed by atoms with E-state index in [1.165, 1.54) is 0 Å². The molecular weight excluding hydrogens is 388 g/mol. The fourth-order valence-corrected chi connectivity index (χ4v) is 4.73. The van der Waals surface area contributed by atoms with Gasteiger partial charge in [0.15, 0.2) is 0 Å². The molecule has 2 heterocycles. The van der Waals surface area contributed by atoms with E-state index in [4.69, 9.17) is 14.6 Å². The first-order valence-electron chi connectivity index (χ1n) is 10.6. The number of rotatable bonds is 4. The predicted octanol–water partition coefficient (Wildman–Crippen LogP) is 2.67. The Morgan fingerprint density at radius 1 is 1.20 bits per heavy atom. The van der Waals surface area contributed by atoms with E-state index in [2.05, 4.69) is 5.32 Å². The summed E-state index contributed by atoms with van der Waals surface area (Å²) in [7, 11) is 1.74. The van der Waals surface area contributed by atoms with Gasteiger partial charge in [-0.1, -0.05) is 12.8 Å². The van der Waals surface area contributed by atoms with Crippen molar-refractivity contribution in [3.05, 3.63) is 23.8 Å². The fourth-order valence-electron chi connectivity index (χ4n) is 4.73. The highest BCUT2D eigenvalue weighted by atomic mass is 16.5. The van der Waals surface area contributed by atoms with E-state index >= 15 is 0 Å². The Morgan fingerprint density at radius 2 is 1.97 bits per heavy atom. The van der Waals surface area contributed by atoms with Gasteiger partial charge in [0.25, 0.3) is 5.91 Å². The minimum absolute atomic E-state index is 0.00485. The molecule has 0 unspecified atom stereocenters. The maximum Gasteiger partial charge on any atom is 0.305 e. The minimum Gasteiger partial charge on any atom is -0.490 e. The molecule has 2 amide bonds. The molecule has 4 rings (SSSR count). The number of likely N-dealkylation sites (N-methyl/N-ethyl adjacent to an activating group) is 1. The zero-order chi connectivity index (χ0) is 21.3. The van der Waals surface area contributed by atoms with Gasteiger partial charge in [0.05, 0.1) is 24.1 Å². The molecule has 0 bridgehead atoms. The molecule has 2 aliphatic heterocycles. The molecule has 8 nitrogen and oxygen atoms in total. The van der Waals surface area contributed by atoms with Crippen molar-refractivity contribution < 1.29 is 29.0 Å². The Balaban J connectivity index is 1.51. The summed E-state index contributed by atoms with van der Waals surface area (Å²) < 4.78 is 11.8. The predicted molar refractivity (Wildman–Crippen MR) is 109 cm³/mol. The SMILES string of the molecule is CN1C(=O)c2cc(NC(=O)C3CCCC3)ccc2OC[C@H]2O[C@H](CC(=O)O)CC[C@H]21. The van der Waals surface area contributed by atoms with Gasteiger partial charge >= 0.3 is 5.97 Å². The highest BCUT2D eigenvalue weighted by Gasteiger charge is 2.39. The van der Waals surface area contributed by atoms with E-state index in [0.717, 1.165) is 25.7 Å². The third-order valence-electron chi connectivity index (χ3n) is 6.41. The topological polar surface area (TPSA) is 105 Å². The summed E-state index contributed by atoms with van der Waals surface area (Å²) in [6.45, 7) is 0.235. The zero-order valence-electron chi connectivity index (χ0n) is 17.1. The third-order valence-corrected chi connectivity index (χ3v) is 6.41. The van der Waals surface area contributed by atoms with Crippen LogP contribution in [-0.4, -0.2) is 59.7 Å². The van der Waals surface area contributed by atoms with E-state index in [1.54, 1.807) is 30.1 Å². The minimum atomic E-state index is -0.896. The smallest absolute Gasteiger partial charge is 0.305 e. The summed E-state index contributed by atoms with van der Waals surface area (Å²) in [6, 6.07) is 4.93. The number of anilines is 1. The summed E-state index contributed by atoms with van der Waals surface area (Å²) in [5.74, 6) is -0.608. The van der Waals surface area contributed by atoms with Crippen molar-refractivity contribution in [1.29, 1.82) is 0 Å². The first-order chi connectivity index (χ1) is 14.4. The summed E-state index contributed by atoms with van der Waals surface area (Å²) in [4.78, 5) is 38.3. The molecular formula is C22H28N2O6. The number of nitrogens with zero attached hydrogens (tertiary/aromatic N) is 1. The van der Waals surface area contributed by atoms with Crippen molar-refractivity contribution in [2.75, 3.05) is 19.0 Å². The number of hydrogen-bond acceptors (Lipinski definition) is 5. The fraction of sp³-hybridized carbons (Fsp3) is 0.591. The summed E-state index contributed by atoms with van der Waals surface area (Å²) >= 11 is 0. The molecule has 2 fully saturated rings. The average Bonchev–Trinajstić information content (AvgIpc) is 3.26. The Labute approximate surface area is 175 Å². The quantitative estimate of drug-likeness (QED) is 0.782.